The molecule has 0 amide bonds. The lowest BCUT2D eigenvalue weighted by atomic mass is 9.96. The Morgan fingerprint density at radius 3 is 2.41 bits per heavy atom. The smallest absolute Gasteiger partial charge is 0.381 e. The predicted molar refractivity (Wildman–Crippen MR) is 131 cm³/mol. The van der Waals surface area contributed by atoms with Crippen LogP contribution in [0.3, 0.4) is 0 Å². The van der Waals surface area contributed by atoms with Crippen LogP contribution >= 0.6 is 0 Å². The Bertz CT molecular complexity index is 1320. The second kappa shape index (κ2) is 10.3. The Morgan fingerprint density at radius 2 is 1.78 bits per heavy atom. The van der Waals surface area contributed by atoms with Crippen LogP contribution in [0.5, 0.6) is 0 Å². The van der Waals surface area contributed by atoms with Crippen molar-refractivity contribution in [1.29, 1.82) is 5.26 Å². The van der Waals surface area contributed by atoms with Crippen LogP contribution in [0.4, 0.5) is 19.0 Å². The maximum absolute atomic E-state index is 13.2. The molecule has 37 heavy (non-hydrogen) atoms. The molecule has 2 aromatic heterocycles. The van der Waals surface area contributed by atoms with E-state index in [1.165, 1.54) is 12.1 Å². The molecular weight excluding hydrogens is 485 g/mol. The number of aromatic nitrogens is 3. The molecule has 0 unspecified atom stereocenters. The number of nitrogens with one attached hydrogen (secondary N) is 1. The molecule has 2 aliphatic rings. The third kappa shape index (κ3) is 5.55. The van der Waals surface area contributed by atoms with E-state index in [4.69, 9.17) is 14.2 Å². The van der Waals surface area contributed by atoms with Crippen molar-refractivity contribution in [2.24, 2.45) is 0 Å². The summed E-state index contributed by atoms with van der Waals surface area (Å²) in [5.41, 5.74) is 1.76. The molecule has 1 N–H and O–H groups in total. The van der Waals surface area contributed by atoms with Gasteiger partial charge in [0.05, 0.1) is 23.1 Å². The average molecular weight is 515 g/mol. The number of hydrogen-bond donors (Lipinski definition) is 1. The second-order valence-electron chi connectivity index (χ2n) is 9.84. The van der Waals surface area contributed by atoms with E-state index in [1.807, 2.05) is 6.07 Å². The fraction of sp³-hybridized carbons (Fsp3) is 0.538. The number of benzene rings is 1. The number of nitrogens with zero attached hydrogens (tertiary/aromatic N) is 5. The molecule has 0 bridgehead atoms. The van der Waals surface area contributed by atoms with Crippen LogP contribution in [0.1, 0.15) is 48.2 Å². The van der Waals surface area contributed by atoms with Crippen LogP contribution < -0.4 is 10.2 Å². The fourth-order valence-corrected chi connectivity index (χ4v) is 5.32. The summed E-state index contributed by atoms with van der Waals surface area (Å²) in [4.78, 5) is 11.4. The molecule has 2 aliphatic heterocycles. The highest BCUT2D eigenvalue weighted by Crippen LogP contribution is 2.39. The molecule has 2 fully saturated rings. The molecule has 4 heterocycles. The molecule has 0 atom stereocenters. The van der Waals surface area contributed by atoms with E-state index in [-0.39, 0.29) is 17.0 Å². The zero-order valence-electron chi connectivity index (χ0n) is 20.9. The van der Waals surface area contributed by atoms with Gasteiger partial charge in [0, 0.05) is 43.8 Å². The van der Waals surface area contributed by atoms with Gasteiger partial charge in [0.15, 0.2) is 5.82 Å². The third-order valence-corrected chi connectivity index (χ3v) is 7.14. The summed E-state index contributed by atoms with van der Waals surface area (Å²) in [6.45, 7) is 6.55. The van der Waals surface area contributed by atoms with Crippen LogP contribution in [0.2, 0.25) is 0 Å². The van der Waals surface area contributed by atoms with Gasteiger partial charge in [-0.1, -0.05) is 5.16 Å². The van der Waals surface area contributed by atoms with Gasteiger partial charge in [-0.05, 0) is 62.8 Å². The molecular formula is C26H29F3N6O2. The minimum atomic E-state index is -4.39. The molecule has 0 radical (unpaired) electrons. The van der Waals surface area contributed by atoms with Gasteiger partial charge in [-0.15, -0.1) is 0 Å². The molecule has 0 saturated carbocycles. The van der Waals surface area contributed by atoms with Crippen LogP contribution in [-0.4, -0.2) is 59.7 Å². The third-order valence-electron chi connectivity index (χ3n) is 7.14. The highest BCUT2D eigenvalue weighted by Gasteiger charge is 2.31. The van der Waals surface area contributed by atoms with E-state index in [1.54, 1.807) is 13.8 Å². The van der Waals surface area contributed by atoms with Crippen molar-refractivity contribution < 1.29 is 22.4 Å². The number of piperidine rings is 1. The number of anilines is 1. The van der Waals surface area contributed by atoms with Gasteiger partial charge in [0.1, 0.15) is 11.9 Å². The summed E-state index contributed by atoms with van der Waals surface area (Å²) in [6, 6.07) is 5.65. The minimum absolute atomic E-state index is 0.0156. The van der Waals surface area contributed by atoms with Gasteiger partial charge in [-0.2, -0.15) is 23.4 Å². The number of halogens is 3. The van der Waals surface area contributed by atoms with E-state index in [2.05, 4.69) is 20.4 Å². The standard InChI is InChI=1S/C26H29F3N6O2/c1-15-21-12-17(13-26(27,28)29)11-18(14-30)23(21)33-24(22(15)25-31-16(2)34-37-25)35-7-3-19(4-8-35)32-20-5-9-36-10-6-20/h11-12,19-20,32H,3-10,13H2,1-2H3. The Balaban J connectivity index is 1.52. The van der Waals surface area contributed by atoms with Gasteiger partial charge < -0.3 is 19.5 Å². The largest absolute Gasteiger partial charge is 0.393 e. The van der Waals surface area contributed by atoms with Crippen molar-refractivity contribution in [2.75, 3.05) is 31.2 Å². The molecule has 8 nitrogen and oxygen atoms in total. The predicted octanol–water partition coefficient (Wildman–Crippen LogP) is 4.62. The maximum Gasteiger partial charge on any atom is 0.393 e. The SMILES string of the molecule is Cc1noc(-c2c(N3CCC(NC4CCOCC4)CC3)nc3c(C#N)cc(CC(F)(F)F)cc3c2C)n1. The van der Waals surface area contributed by atoms with E-state index in [9.17, 15) is 18.4 Å². The van der Waals surface area contributed by atoms with Crippen LogP contribution in [-0.2, 0) is 11.2 Å². The first kappa shape index (κ1) is 25.4. The summed E-state index contributed by atoms with van der Waals surface area (Å²) in [5, 5.41) is 17.9. The zero-order chi connectivity index (χ0) is 26.2. The van der Waals surface area contributed by atoms with E-state index < -0.39 is 12.6 Å². The Labute approximate surface area is 212 Å². The molecule has 5 rings (SSSR count). The number of aryl methyl sites for hydroxylation is 2. The topological polar surface area (TPSA) is 100 Å². The highest BCUT2D eigenvalue weighted by molar-refractivity contribution is 5.95. The average Bonchev–Trinajstić information content (AvgIpc) is 3.29. The van der Waals surface area contributed by atoms with Gasteiger partial charge >= 0.3 is 6.18 Å². The lowest BCUT2D eigenvalue weighted by Gasteiger charge is -2.37. The van der Waals surface area contributed by atoms with Crippen LogP contribution in [0, 0.1) is 25.2 Å². The van der Waals surface area contributed by atoms with Gasteiger partial charge in [-0.3, -0.25) is 0 Å². The molecule has 11 heteroatoms. The highest BCUT2D eigenvalue weighted by atomic mass is 19.4. The number of alkyl halides is 3. The maximum atomic E-state index is 13.2. The Kier molecular flexibility index (Phi) is 7.05. The van der Waals surface area contributed by atoms with E-state index in [0.29, 0.717) is 45.8 Å². The second-order valence-corrected chi connectivity index (χ2v) is 9.84. The molecule has 2 saturated heterocycles. The molecule has 0 aliphatic carbocycles. The van der Waals surface area contributed by atoms with Crippen LogP contribution in [0.15, 0.2) is 16.7 Å². The van der Waals surface area contributed by atoms with E-state index in [0.717, 1.165) is 52.0 Å². The van der Waals surface area contributed by atoms with Crippen molar-refractivity contribution in [3.05, 3.63) is 34.6 Å². The number of hydrogen-bond acceptors (Lipinski definition) is 8. The molecule has 3 aromatic rings. The molecule has 196 valence electrons. The quantitative estimate of drug-likeness (QED) is 0.527. The normalized spacial score (nSPS) is 17.9. The van der Waals surface area contributed by atoms with Crippen molar-refractivity contribution >= 4 is 16.7 Å². The van der Waals surface area contributed by atoms with Crippen molar-refractivity contribution in [3.8, 4) is 17.5 Å². The summed E-state index contributed by atoms with van der Waals surface area (Å²) in [7, 11) is 0. The molecule has 1 aromatic carbocycles. The monoisotopic (exact) mass is 514 g/mol. The van der Waals surface area contributed by atoms with Gasteiger partial charge in [0.25, 0.3) is 5.89 Å². The van der Waals surface area contributed by atoms with Crippen LogP contribution in [0.25, 0.3) is 22.4 Å². The number of fused-ring (bicyclic) bond motifs is 1. The first-order valence-corrected chi connectivity index (χ1v) is 12.6. The van der Waals surface area contributed by atoms with Crippen molar-refractivity contribution in [1.82, 2.24) is 20.4 Å². The minimum Gasteiger partial charge on any atom is -0.381 e. The zero-order valence-corrected chi connectivity index (χ0v) is 20.9. The Hall–Kier alpha value is -3.23. The number of rotatable bonds is 5. The van der Waals surface area contributed by atoms with E-state index >= 15 is 0 Å². The summed E-state index contributed by atoms with van der Waals surface area (Å²) < 4.78 is 50.4. The fourth-order valence-electron chi connectivity index (χ4n) is 5.32. The summed E-state index contributed by atoms with van der Waals surface area (Å²) in [6.07, 6.45) is -1.67. The summed E-state index contributed by atoms with van der Waals surface area (Å²) in [5.74, 6) is 1.32. The van der Waals surface area contributed by atoms with Gasteiger partial charge in [-0.25, -0.2) is 4.98 Å². The summed E-state index contributed by atoms with van der Waals surface area (Å²) >= 11 is 0. The number of nitriles is 1. The first-order chi connectivity index (χ1) is 17.7. The number of ether oxygens (including phenoxy) is 1. The van der Waals surface area contributed by atoms with Gasteiger partial charge in [0.2, 0.25) is 0 Å². The lowest BCUT2D eigenvalue weighted by molar-refractivity contribution is -0.127. The van der Waals surface area contributed by atoms with Crippen molar-refractivity contribution in [2.45, 2.75) is 64.2 Å². The van der Waals surface area contributed by atoms with Crippen molar-refractivity contribution in [3.63, 3.8) is 0 Å². The Morgan fingerprint density at radius 1 is 1.08 bits per heavy atom. The molecule has 0 spiro atoms. The number of pyridine rings is 1. The lowest BCUT2D eigenvalue weighted by Crippen LogP contribution is -2.48. The first-order valence-electron chi connectivity index (χ1n) is 12.6.